The number of phenols is 2. The first kappa shape index (κ1) is 19.9. The fourth-order valence-corrected chi connectivity index (χ4v) is 4.50. The summed E-state index contributed by atoms with van der Waals surface area (Å²) in [6.07, 6.45) is 0. The molecule has 7 N–H and O–H groups in total. The zero-order valence-corrected chi connectivity index (χ0v) is 16.5. The van der Waals surface area contributed by atoms with E-state index in [4.69, 9.17) is 20.9 Å². The van der Waals surface area contributed by atoms with Crippen LogP contribution in [0.1, 0.15) is 49.0 Å². The first-order valence-electron chi connectivity index (χ1n) is 9.72. The van der Waals surface area contributed by atoms with Crippen molar-refractivity contribution in [1.82, 2.24) is 0 Å². The van der Waals surface area contributed by atoms with Crippen molar-refractivity contribution in [2.24, 2.45) is 11.5 Å². The fraction of sp³-hybridized carbons (Fsp3) is 0.130. The zero-order valence-electron chi connectivity index (χ0n) is 16.5. The third-order valence-electron chi connectivity index (χ3n) is 5.84. The lowest BCUT2D eigenvalue weighted by Gasteiger charge is -2.36. The van der Waals surface area contributed by atoms with Gasteiger partial charge in [-0.2, -0.15) is 0 Å². The number of phenolic OH excluding ortho intramolecular Hbond substituents is 2. The van der Waals surface area contributed by atoms with E-state index in [0.717, 1.165) is 0 Å². The topological polar surface area (TPSA) is 165 Å². The number of esters is 1. The van der Waals surface area contributed by atoms with Crippen LogP contribution < -0.4 is 16.2 Å². The van der Waals surface area contributed by atoms with Crippen molar-refractivity contribution in [3.8, 4) is 23.0 Å². The lowest BCUT2D eigenvalue weighted by atomic mass is 9.76. The smallest absolute Gasteiger partial charge is 0.340 e. The molecule has 2 aliphatic heterocycles. The monoisotopic (exact) mass is 434 g/mol. The van der Waals surface area contributed by atoms with Gasteiger partial charge in [0, 0.05) is 41.4 Å². The Morgan fingerprint density at radius 1 is 0.969 bits per heavy atom. The number of nitrogens with two attached hydrogens (primary N) is 2. The Morgan fingerprint density at radius 2 is 1.53 bits per heavy atom. The molecule has 2 aliphatic rings. The number of aromatic carboxylic acids is 1. The van der Waals surface area contributed by atoms with Crippen LogP contribution in [0.2, 0.25) is 0 Å². The first-order valence-corrected chi connectivity index (χ1v) is 9.72. The summed E-state index contributed by atoms with van der Waals surface area (Å²) in [6, 6.07) is 10.7. The van der Waals surface area contributed by atoms with Crippen LogP contribution >= 0.6 is 0 Å². The van der Waals surface area contributed by atoms with Gasteiger partial charge in [-0.15, -0.1) is 0 Å². The van der Waals surface area contributed by atoms with Crippen LogP contribution in [-0.4, -0.2) is 33.8 Å². The van der Waals surface area contributed by atoms with Crippen LogP contribution in [0.5, 0.6) is 23.0 Å². The number of carboxylic acid groups (broad SMARTS) is 1. The minimum Gasteiger partial charge on any atom is -0.508 e. The number of carbonyl (C=O) groups excluding carboxylic acids is 1. The molecule has 0 bridgehead atoms. The fourth-order valence-electron chi connectivity index (χ4n) is 4.50. The molecule has 5 rings (SSSR count). The Morgan fingerprint density at radius 3 is 2.06 bits per heavy atom. The SMILES string of the molecule is NCC(N)c1c(C(=O)O)ccc2c1C(=O)OC21c2ccc(O)cc2Oc2cc(O)ccc21. The zero-order chi connectivity index (χ0) is 22.8. The van der Waals surface area contributed by atoms with E-state index in [9.17, 15) is 24.9 Å². The summed E-state index contributed by atoms with van der Waals surface area (Å²) in [7, 11) is 0. The average molecular weight is 434 g/mol. The molecule has 1 spiro atoms. The Labute approximate surface area is 181 Å². The molecule has 9 heteroatoms. The van der Waals surface area contributed by atoms with Gasteiger partial charge in [0.05, 0.1) is 11.1 Å². The molecule has 1 unspecified atom stereocenters. The molecule has 0 aromatic heterocycles. The summed E-state index contributed by atoms with van der Waals surface area (Å²) in [5.41, 5.74) is 11.6. The molecular formula is C23H18N2O7. The Hall–Kier alpha value is -4.08. The van der Waals surface area contributed by atoms with Gasteiger partial charge in [-0.25, -0.2) is 9.59 Å². The van der Waals surface area contributed by atoms with E-state index in [0.29, 0.717) is 16.7 Å². The predicted molar refractivity (Wildman–Crippen MR) is 111 cm³/mol. The molecule has 32 heavy (non-hydrogen) atoms. The highest BCUT2D eigenvalue weighted by molar-refractivity contribution is 6.02. The molecule has 9 nitrogen and oxygen atoms in total. The second-order valence-corrected chi connectivity index (χ2v) is 7.63. The Kier molecular flexibility index (Phi) is 4.16. The summed E-state index contributed by atoms with van der Waals surface area (Å²) in [5, 5.41) is 29.6. The van der Waals surface area contributed by atoms with E-state index in [1.807, 2.05) is 0 Å². The van der Waals surface area contributed by atoms with E-state index in [2.05, 4.69) is 0 Å². The summed E-state index contributed by atoms with van der Waals surface area (Å²) in [5.74, 6) is -1.71. The number of fused-ring (bicyclic) bond motifs is 6. The molecule has 3 aromatic carbocycles. The highest BCUT2D eigenvalue weighted by Gasteiger charge is 2.55. The lowest BCUT2D eigenvalue weighted by molar-refractivity contribution is 0.0223. The van der Waals surface area contributed by atoms with Gasteiger partial charge < -0.3 is 36.3 Å². The van der Waals surface area contributed by atoms with Gasteiger partial charge >= 0.3 is 11.9 Å². The molecule has 0 amide bonds. The summed E-state index contributed by atoms with van der Waals surface area (Å²) >= 11 is 0. The Balaban J connectivity index is 1.90. The normalized spacial score (nSPS) is 15.9. The van der Waals surface area contributed by atoms with Gasteiger partial charge in [0.2, 0.25) is 0 Å². The largest absolute Gasteiger partial charge is 0.508 e. The number of carbonyl (C=O) groups is 2. The van der Waals surface area contributed by atoms with Crippen molar-refractivity contribution in [1.29, 1.82) is 0 Å². The maximum Gasteiger partial charge on any atom is 0.340 e. The number of carboxylic acids is 1. The second kappa shape index (κ2) is 6.71. The van der Waals surface area contributed by atoms with E-state index in [1.54, 1.807) is 12.1 Å². The van der Waals surface area contributed by atoms with Crippen molar-refractivity contribution in [3.63, 3.8) is 0 Å². The van der Waals surface area contributed by atoms with Crippen LogP contribution in [0.25, 0.3) is 0 Å². The van der Waals surface area contributed by atoms with E-state index in [-0.39, 0.29) is 46.2 Å². The molecule has 2 heterocycles. The van der Waals surface area contributed by atoms with Crippen LogP contribution in [0.15, 0.2) is 48.5 Å². The predicted octanol–water partition coefficient (Wildman–Crippen LogP) is 2.32. The van der Waals surface area contributed by atoms with Crippen molar-refractivity contribution >= 4 is 11.9 Å². The van der Waals surface area contributed by atoms with E-state index < -0.39 is 23.6 Å². The maximum absolute atomic E-state index is 13.3. The van der Waals surface area contributed by atoms with Gasteiger partial charge in [0.25, 0.3) is 0 Å². The van der Waals surface area contributed by atoms with Gasteiger partial charge in [-0.1, -0.05) is 6.07 Å². The number of hydrogen-bond acceptors (Lipinski definition) is 8. The highest BCUT2D eigenvalue weighted by Crippen LogP contribution is 2.57. The quantitative estimate of drug-likeness (QED) is 0.389. The highest BCUT2D eigenvalue weighted by atomic mass is 16.6. The van der Waals surface area contributed by atoms with Crippen molar-refractivity contribution in [3.05, 3.63) is 81.9 Å². The first-order chi connectivity index (χ1) is 15.3. The van der Waals surface area contributed by atoms with E-state index in [1.165, 1.54) is 36.4 Å². The van der Waals surface area contributed by atoms with Gasteiger partial charge in [0.15, 0.2) is 5.60 Å². The van der Waals surface area contributed by atoms with Gasteiger partial charge in [-0.3, -0.25) is 0 Å². The van der Waals surface area contributed by atoms with Crippen molar-refractivity contribution < 1.29 is 34.4 Å². The third kappa shape index (κ3) is 2.52. The summed E-state index contributed by atoms with van der Waals surface area (Å²) in [6.45, 7) is -0.0883. The number of hydrogen-bond donors (Lipinski definition) is 5. The molecule has 0 saturated carbocycles. The van der Waals surface area contributed by atoms with Crippen molar-refractivity contribution in [2.75, 3.05) is 6.54 Å². The molecular weight excluding hydrogens is 416 g/mol. The molecule has 0 saturated heterocycles. The number of aromatic hydroxyl groups is 2. The molecule has 0 aliphatic carbocycles. The summed E-state index contributed by atoms with van der Waals surface area (Å²) in [4.78, 5) is 25.1. The van der Waals surface area contributed by atoms with E-state index >= 15 is 0 Å². The third-order valence-corrected chi connectivity index (χ3v) is 5.84. The number of rotatable bonds is 3. The minimum absolute atomic E-state index is 0.0304. The van der Waals surface area contributed by atoms with Crippen LogP contribution in [0, 0.1) is 0 Å². The van der Waals surface area contributed by atoms with Crippen LogP contribution in [-0.2, 0) is 10.3 Å². The summed E-state index contributed by atoms with van der Waals surface area (Å²) < 4.78 is 11.9. The van der Waals surface area contributed by atoms with Crippen molar-refractivity contribution in [2.45, 2.75) is 11.6 Å². The standard InChI is InChI=1S/C23H18N2O7/c24-9-16(25)19-12(21(28)29)3-6-15-20(19)22(30)32-23(15)13-4-1-10(26)7-17(13)31-18-8-11(27)2-5-14(18)23/h1-8,16,26-27H,9,24-25H2,(H,28,29). The second-order valence-electron chi connectivity index (χ2n) is 7.63. The molecule has 162 valence electrons. The molecule has 0 fully saturated rings. The molecule has 3 aromatic rings. The van der Waals surface area contributed by atoms with Crippen LogP contribution in [0.3, 0.4) is 0 Å². The molecule has 0 radical (unpaired) electrons. The van der Waals surface area contributed by atoms with Crippen LogP contribution in [0.4, 0.5) is 0 Å². The van der Waals surface area contributed by atoms with Gasteiger partial charge in [0.1, 0.15) is 23.0 Å². The maximum atomic E-state index is 13.3. The minimum atomic E-state index is -1.50. The average Bonchev–Trinajstić information content (AvgIpc) is 3.05. The Bertz CT molecular complexity index is 1270. The lowest BCUT2D eigenvalue weighted by Crippen LogP contribution is -2.33. The number of benzene rings is 3. The van der Waals surface area contributed by atoms with Gasteiger partial charge in [-0.05, 0) is 35.9 Å². The number of ether oxygens (including phenoxy) is 2. The molecule has 1 atom stereocenters.